The number of halogens is 1. The van der Waals surface area contributed by atoms with Crippen molar-refractivity contribution in [3.63, 3.8) is 0 Å². The average Bonchev–Trinajstić information content (AvgIpc) is 3.12. The summed E-state index contributed by atoms with van der Waals surface area (Å²) in [5.74, 6) is -0.403. The van der Waals surface area contributed by atoms with Crippen molar-refractivity contribution in [1.29, 1.82) is 0 Å². The van der Waals surface area contributed by atoms with Crippen LogP contribution in [0.25, 0.3) is 11.0 Å². The zero-order valence-corrected chi connectivity index (χ0v) is 16.9. The van der Waals surface area contributed by atoms with E-state index in [2.05, 4.69) is 4.98 Å². The average molecular weight is 415 g/mol. The van der Waals surface area contributed by atoms with Gasteiger partial charge in [0.25, 0.3) is 0 Å². The molecule has 2 heterocycles. The SMILES string of the molecule is O=C1[C@H](n2c(=O)[nH]c3ccccc32)CC[C@H](c2ccc(F)cc2)N1Cc1ccccc1. The predicted molar refractivity (Wildman–Crippen MR) is 117 cm³/mol. The maximum Gasteiger partial charge on any atom is 0.327 e. The molecule has 4 aromatic rings. The predicted octanol–water partition coefficient (Wildman–Crippen LogP) is 4.57. The first-order valence-electron chi connectivity index (χ1n) is 10.4. The van der Waals surface area contributed by atoms with Crippen molar-refractivity contribution in [2.24, 2.45) is 0 Å². The number of para-hydroxylation sites is 2. The van der Waals surface area contributed by atoms with E-state index in [4.69, 9.17) is 0 Å². The van der Waals surface area contributed by atoms with Gasteiger partial charge in [0.2, 0.25) is 5.91 Å². The van der Waals surface area contributed by atoms with Gasteiger partial charge < -0.3 is 9.88 Å². The molecule has 1 aromatic heterocycles. The lowest BCUT2D eigenvalue weighted by Crippen LogP contribution is -2.45. The van der Waals surface area contributed by atoms with E-state index < -0.39 is 6.04 Å². The Morgan fingerprint density at radius 1 is 0.839 bits per heavy atom. The van der Waals surface area contributed by atoms with Gasteiger partial charge in [-0.15, -0.1) is 0 Å². The second-order valence-corrected chi connectivity index (χ2v) is 7.93. The number of piperidine rings is 1. The Kier molecular flexibility index (Phi) is 4.90. The van der Waals surface area contributed by atoms with Gasteiger partial charge in [-0.2, -0.15) is 0 Å². The summed E-state index contributed by atoms with van der Waals surface area (Å²) in [6.07, 6.45) is 1.22. The minimum absolute atomic E-state index is 0.101. The molecule has 1 aliphatic heterocycles. The second kappa shape index (κ2) is 7.87. The van der Waals surface area contributed by atoms with Crippen molar-refractivity contribution in [2.45, 2.75) is 31.5 Å². The van der Waals surface area contributed by atoms with Gasteiger partial charge in [0, 0.05) is 6.54 Å². The zero-order chi connectivity index (χ0) is 21.4. The van der Waals surface area contributed by atoms with Crippen LogP contribution in [0, 0.1) is 5.82 Å². The van der Waals surface area contributed by atoms with Crippen molar-refractivity contribution in [1.82, 2.24) is 14.5 Å². The van der Waals surface area contributed by atoms with Gasteiger partial charge in [-0.05, 0) is 48.2 Å². The van der Waals surface area contributed by atoms with E-state index in [-0.39, 0.29) is 23.5 Å². The number of hydrogen-bond acceptors (Lipinski definition) is 2. The Morgan fingerprint density at radius 3 is 2.29 bits per heavy atom. The van der Waals surface area contributed by atoms with Crippen molar-refractivity contribution >= 4 is 16.9 Å². The second-order valence-electron chi connectivity index (χ2n) is 7.93. The fourth-order valence-electron chi connectivity index (χ4n) is 4.56. The van der Waals surface area contributed by atoms with Crippen LogP contribution in [-0.2, 0) is 11.3 Å². The highest BCUT2D eigenvalue weighted by Gasteiger charge is 2.38. The summed E-state index contributed by atoms with van der Waals surface area (Å²) in [6.45, 7) is 0.426. The molecule has 1 fully saturated rings. The number of aromatic amines is 1. The fraction of sp³-hybridized carbons (Fsp3) is 0.200. The minimum Gasteiger partial charge on any atom is -0.330 e. The first-order chi connectivity index (χ1) is 15.1. The summed E-state index contributed by atoms with van der Waals surface area (Å²) in [6, 6.07) is 22.8. The number of fused-ring (bicyclic) bond motifs is 1. The van der Waals surface area contributed by atoms with Gasteiger partial charge >= 0.3 is 5.69 Å². The van der Waals surface area contributed by atoms with Crippen LogP contribution >= 0.6 is 0 Å². The van der Waals surface area contributed by atoms with E-state index in [0.29, 0.717) is 19.4 Å². The Balaban J connectivity index is 1.55. The molecule has 1 amide bonds. The number of imidazole rings is 1. The van der Waals surface area contributed by atoms with Gasteiger partial charge in [-0.25, -0.2) is 9.18 Å². The van der Waals surface area contributed by atoms with E-state index in [9.17, 15) is 14.0 Å². The topological polar surface area (TPSA) is 58.1 Å². The molecular formula is C25H22FN3O2. The van der Waals surface area contributed by atoms with E-state index in [0.717, 1.165) is 22.2 Å². The maximum absolute atomic E-state index is 13.8. The molecule has 1 N–H and O–H groups in total. The number of likely N-dealkylation sites (tertiary alicyclic amines) is 1. The van der Waals surface area contributed by atoms with E-state index in [1.165, 1.54) is 12.1 Å². The molecule has 0 aliphatic carbocycles. The number of carbonyl (C=O) groups excluding carboxylic acids is 1. The molecule has 1 saturated heterocycles. The first kappa shape index (κ1) is 19.3. The monoisotopic (exact) mass is 415 g/mol. The molecule has 1 aliphatic rings. The summed E-state index contributed by atoms with van der Waals surface area (Å²) in [5.41, 5.74) is 3.08. The van der Waals surface area contributed by atoms with E-state index in [1.54, 1.807) is 16.7 Å². The number of nitrogens with zero attached hydrogens (tertiary/aromatic N) is 2. The molecule has 2 atom stereocenters. The number of amides is 1. The van der Waals surface area contributed by atoms with Crippen molar-refractivity contribution < 1.29 is 9.18 Å². The van der Waals surface area contributed by atoms with E-state index >= 15 is 0 Å². The number of benzene rings is 3. The number of H-pyrrole nitrogens is 1. The molecule has 0 radical (unpaired) electrons. The lowest BCUT2D eigenvalue weighted by molar-refractivity contribution is -0.142. The molecule has 0 spiro atoms. The number of hydrogen-bond donors (Lipinski definition) is 1. The van der Waals surface area contributed by atoms with Crippen LogP contribution in [0.5, 0.6) is 0 Å². The van der Waals surface area contributed by atoms with Gasteiger partial charge in [0.15, 0.2) is 0 Å². The summed E-state index contributed by atoms with van der Waals surface area (Å²) in [4.78, 5) is 31.2. The Bertz CT molecular complexity index is 1280. The zero-order valence-electron chi connectivity index (χ0n) is 16.9. The molecular weight excluding hydrogens is 393 g/mol. The Morgan fingerprint density at radius 2 is 1.52 bits per heavy atom. The summed E-state index contributed by atoms with van der Waals surface area (Å²) in [5, 5.41) is 0. The molecule has 6 heteroatoms. The highest BCUT2D eigenvalue weighted by atomic mass is 19.1. The van der Waals surface area contributed by atoms with Crippen LogP contribution in [0.3, 0.4) is 0 Å². The molecule has 31 heavy (non-hydrogen) atoms. The lowest BCUT2D eigenvalue weighted by atomic mass is 9.91. The van der Waals surface area contributed by atoms with E-state index in [1.807, 2.05) is 59.5 Å². The van der Waals surface area contributed by atoms with Crippen LogP contribution < -0.4 is 5.69 Å². The summed E-state index contributed by atoms with van der Waals surface area (Å²) >= 11 is 0. The fourth-order valence-corrected chi connectivity index (χ4v) is 4.56. The third kappa shape index (κ3) is 3.54. The molecule has 5 rings (SSSR count). The molecule has 0 unspecified atom stereocenters. The van der Waals surface area contributed by atoms with Crippen molar-refractivity contribution in [2.75, 3.05) is 0 Å². The number of carbonyl (C=O) groups is 1. The highest BCUT2D eigenvalue weighted by Crippen LogP contribution is 2.38. The van der Waals surface area contributed by atoms with Gasteiger partial charge in [-0.3, -0.25) is 9.36 Å². The molecule has 5 nitrogen and oxygen atoms in total. The van der Waals surface area contributed by atoms with Gasteiger partial charge in [-0.1, -0.05) is 54.6 Å². The molecule has 3 aromatic carbocycles. The molecule has 0 saturated carbocycles. The highest BCUT2D eigenvalue weighted by molar-refractivity contribution is 5.85. The number of aromatic nitrogens is 2. The summed E-state index contributed by atoms with van der Waals surface area (Å²) < 4.78 is 15.1. The number of nitrogens with one attached hydrogen (secondary N) is 1. The Hall–Kier alpha value is -3.67. The van der Waals surface area contributed by atoms with Crippen LogP contribution in [0.4, 0.5) is 4.39 Å². The minimum atomic E-state index is -0.580. The standard InChI is InChI=1S/C25H22FN3O2/c26-19-12-10-18(11-13-19)21-14-15-23(24(30)28(21)16-17-6-2-1-3-7-17)29-22-9-5-4-8-20(22)27-25(29)31/h1-13,21,23H,14-16H2,(H,27,31)/t21-,23-/m1/s1. The largest absolute Gasteiger partial charge is 0.330 e. The maximum atomic E-state index is 13.8. The van der Waals surface area contributed by atoms with Crippen molar-refractivity contribution in [3.8, 4) is 0 Å². The third-order valence-electron chi connectivity index (χ3n) is 6.04. The first-order valence-corrected chi connectivity index (χ1v) is 10.4. The molecule has 0 bridgehead atoms. The van der Waals surface area contributed by atoms with Crippen molar-refractivity contribution in [3.05, 3.63) is 106 Å². The molecule has 156 valence electrons. The normalized spacial score (nSPS) is 19.1. The van der Waals surface area contributed by atoms with Crippen LogP contribution in [0.2, 0.25) is 0 Å². The van der Waals surface area contributed by atoms with Crippen LogP contribution in [0.1, 0.15) is 36.1 Å². The Labute approximate surface area is 178 Å². The summed E-state index contributed by atoms with van der Waals surface area (Å²) in [7, 11) is 0. The van der Waals surface area contributed by atoms with Gasteiger partial charge in [0.05, 0.1) is 17.1 Å². The quantitative estimate of drug-likeness (QED) is 0.531. The van der Waals surface area contributed by atoms with Crippen LogP contribution in [-0.4, -0.2) is 20.4 Å². The van der Waals surface area contributed by atoms with Crippen LogP contribution in [0.15, 0.2) is 83.7 Å². The van der Waals surface area contributed by atoms with Gasteiger partial charge in [0.1, 0.15) is 11.9 Å². The lowest BCUT2D eigenvalue weighted by Gasteiger charge is -2.40. The third-order valence-corrected chi connectivity index (χ3v) is 6.04. The smallest absolute Gasteiger partial charge is 0.327 e. The number of rotatable bonds is 4.